The van der Waals surface area contributed by atoms with Crippen molar-refractivity contribution in [2.24, 2.45) is 11.7 Å². The summed E-state index contributed by atoms with van der Waals surface area (Å²) in [5.74, 6) is 2.87. The van der Waals surface area contributed by atoms with Gasteiger partial charge in [0.05, 0.1) is 4.99 Å². The van der Waals surface area contributed by atoms with Crippen molar-refractivity contribution < 1.29 is 0 Å². The van der Waals surface area contributed by atoms with Crippen molar-refractivity contribution in [1.29, 1.82) is 0 Å². The fourth-order valence-corrected chi connectivity index (χ4v) is 2.31. The van der Waals surface area contributed by atoms with Crippen molar-refractivity contribution in [2.45, 2.75) is 6.92 Å². The molecule has 1 rings (SSSR count). The van der Waals surface area contributed by atoms with E-state index >= 15 is 0 Å². The minimum atomic E-state index is 0.364. The van der Waals surface area contributed by atoms with E-state index in [1.165, 1.54) is 24.6 Å². The van der Waals surface area contributed by atoms with Crippen LogP contribution < -0.4 is 5.73 Å². The smallest absolute Gasteiger partial charge is 0.0768 e. The molecular weight excluding hydrogens is 188 g/mol. The number of thiocarbonyl (C=S) groups is 1. The van der Waals surface area contributed by atoms with Crippen LogP contribution in [-0.4, -0.2) is 41.0 Å². The molecular formula is C8H16N2S2. The Morgan fingerprint density at radius 3 is 2.67 bits per heavy atom. The molecule has 2 nitrogen and oxygen atoms in total. The molecule has 0 aliphatic carbocycles. The molecule has 1 atom stereocenters. The summed E-state index contributed by atoms with van der Waals surface area (Å²) in [5, 5.41) is 0. The predicted octanol–water partition coefficient (Wildman–Crippen LogP) is 0.957. The van der Waals surface area contributed by atoms with Crippen LogP contribution in [0, 0.1) is 5.92 Å². The van der Waals surface area contributed by atoms with Crippen LogP contribution in [0.25, 0.3) is 0 Å². The maximum Gasteiger partial charge on any atom is 0.0768 e. The maximum absolute atomic E-state index is 5.55. The third-order valence-electron chi connectivity index (χ3n) is 2.12. The highest BCUT2D eigenvalue weighted by molar-refractivity contribution is 7.99. The van der Waals surface area contributed by atoms with Crippen LogP contribution in [0.2, 0.25) is 0 Å². The molecule has 4 heteroatoms. The van der Waals surface area contributed by atoms with Gasteiger partial charge in [-0.1, -0.05) is 19.1 Å². The molecule has 2 N–H and O–H groups in total. The van der Waals surface area contributed by atoms with Crippen LogP contribution in [-0.2, 0) is 0 Å². The summed E-state index contributed by atoms with van der Waals surface area (Å²) >= 11 is 6.96. The van der Waals surface area contributed by atoms with E-state index in [1.54, 1.807) is 0 Å². The lowest BCUT2D eigenvalue weighted by Gasteiger charge is -2.28. The molecule has 1 unspecified atom stereocenters. The van der Waals surface area contributed by atoms with Crippen molar-refractivity contribution in [3.05, 3.63) is 0 Å². The Labute approximate surface area is 83.9 Å². The molecule has 12 heavy (non-hydrogen) atoms. The van der Waals surface area contributed by atoms with Crippen molar-refractivity contribution >= 4 is 29.0 Å². The zero-order valence-electron chi connectivity index (χ0n) is 7.45. The second-order valence-electron chi connectivity index (χ2n) is 3.22. The highest BCUT2D eigenvalue weighted by Gasteiger charge is 2.14. The summed E-state index contributed by atoms with van der Waals surface area (Å²) in [7, 11) is 0. The first kappa shape index (κ1) is 10.3. The number of hydrogen-bond donors (Lipinski definition) is 1. The third-order valence-corrected chi connectivity index (χ3v) is 3.47. The van der Waals surface area contributed by atoms with Gasteiger partial charge in [-0.2, -0.15) is 11.8 Å². The second kappa shape index (κ2) is 5.04. The predicted molar refractivity (Wildman–Crippen MR) is 59.7 cm³/mol. The summed E-state index contributed by atoms with van der Waals surface area (Å²) in [6.45, 7) is 5.52. The van der Waals surface area contributed by atoms with Crippen LogP contribution in [0.3, 0.4) is 0 Å². The Morgan fingerprint density at radius 2 is 2.17 bits per heavy atom. The third kappa shape index (κ3) is 3.29. The van der Waals surface area contributed by atoms with Gasteiger partial charge in [0.1, 0.15) is 0 Å². The van der Waals surface area contributed by atoms with Gasteiger partial charge in [0.25, 0.3) is 0 Å². The summed E-state index contributed by atoms with van der Waals surface area (Å²) < 4.78 is 0. The van der Waals surface area contributed by atoms with Gasteiger partial charge in [0.2, 0.25) is 0 Å². The molecule has 1 saturated heterocycles. The van der Waals surface area contributed by atoms with Gasteiger partial charge in [-0.15, -0.1) is 0 Å². The van der Waals surface area contributed by atoms with Gasteiger partial charge in [0, 0.05) is 37.1 Å². The Morgan fingerprint density at radius 1 is 1.58 bits per heavy atom. The fourth-order valence-electron chi connectivity index (χ4n) is 1.26. The normalized spacial score (nSPS) is 22.1. The van der Waals surface area contributed by atoms with Crippen molar-refractivity contribution in [1.82, 2.24) is 4.90 Å². The molecule has 1 aliphatic rings. The van der Waals surface area contributed by atoms with Crippen LogP contribution in [0.15, 0.2) is 0 Å². The van der Waals surface area contributed by atoms with Crippen molar-refractivity contribution in [2.75, 3.05) is 31.1 Å². The molecule has 0 aromatic carbocycles. The van der Waals surface area contributed by atoms with Gasteiger partial charge >= 0.3 is 0 Å². The van der Waals surface area contributed by atoms with E-state index in [9.17, 15) is 0 Å². The van der Waals surface area contributed by atoms with Crippen LogP contribution in [0.4, 0.5) is 0 Å². The molecule has 0 aromatic heterocycles. The molecule has 0 bridgehead atoms. The molecule has 0 amide bonds. The summed E-state index contributed by atoms with van der Waals surface area (Å²) in [5.41, 5.74) is 5.55. The van der Waals surface area contributed by atoms with E-state index in [2.05, 4.69) is 11.8 Å². The number of hydrogen-bond acceptors (Lipinski definition) is 3. The lowest BCUT2D eigenvalue weighted by atomic mass is 10.1. The van der Waals surface area contributed by atoms with Crippen molar-refractivity contribution in [3.8, 4) is 0 Å². The Kier molecular flexibility index (Phi) is 4.32. The number of rotatable bonds is 3. The standard InChI is InChI=1S/C8H16N2S2/c1-7(8(9)11)6-10-2-4-12-5-3-10/h7H,2-6H2,1H3,(H2,9,11). The first-order chi connectivity index (χ1) is 5.70. The highest BCUT2D eigenvalue weighted by atomic mass is 32.2. The van der Waals surface area contributed by atoms with Gasteiger partial charge in [-0.25, -0.2) is 0 Å². The average molecular weight is 204 g/mol. The summed E-state index contributed by atoms with van der Waals surface area (Å²) in [6.07, 6.45) is 0. The van der Waals surface area contributed by atoms with E-state index in [4.69, 9.17) is 18.0 Å². The van der Waals surface area contributed by atoms with Crippen LogP contribution in [0.1, 0.15) is 6.92 Å². The van der Waals surface area contributed by atoms with E-state index in [0.29, 0.717) is 10.9 Å². The van der Waals surface area contributed by atoms with E-state index in [0.717, 1.165) is 6.54 Å². The maximum atomic E-state index is 5.55. The van der Waals surface area contributed by atoms with E-state index in [-0.39, 0.29) is 0 Å². The Balaban J connectivity index is 2.24. The highest BCUT2D eigenvalue weighted by Crippen LogP contribution is 2.10. The Bertz CT molecular complexity index is 155. The van der Waals surface area contributed by atoms with E-state index < -0.39 is 0 Å². The molecule has 1 fully saturated rings. The summed E-state index contributed by atoms with van der Waals surface area (Å²) in [4.78, 5) is 3.09. The van der Waals surface area contributed by atoms with Crippen molar-refractivity contribution in [3.63, 3.8) is 0 Å². The molecule has 1 heterocycles. The Hall–Kier alpha value is 0.200. The minimum absolute atomic E-state index is 0.364. The first-order valence-corrected chi connectivity index (χ1v) is 5.86. The van der Waals surface area contributed by atoms with Gasteiger partial charge < -0.3 is 10.6 Å². The lowest BCUT2D eigenvalue weighted by molar-refractivity contribution is 0.285. The molecule has 0 radical (unpaired) electrons. The van der Waals surface area contributed by atoms with E-state index in [1.807, 2.05) is 11.8 Å². The second-order valence-corrected chi connectivity index (χ2v) is 4.91. The molecule has 0 saturated carbocycles. The summed E-state index contributed by atoms with van der Waals surface area (Å²) in [6, 6.07) is 0. The monoisotopic (exact) mass is 204 g/mol. The molecule has 1 aliphatic heterocycles. The molecule has 0 spiro atoms. The zero-order chi connectivity index (χ0) is 8.97. The van der Waals surface area contributed by atoms with Gasteiger partial charge in [-0.3, -0.25) is 0 Å². The topological polar surface area (TPSA) is 29.3 Å². The molecule has 0 aromatic rings. The number of nitrogens with two attached hydrogens (primary N) is 1. The molecule has 70 valence electrons. The minimum Gasteiger partial charge on any atom is -0.393 e. The zero-order valence-corrected chi connectivity index (χ0v) is 9.09. The quantitative estimate of drug-likeness (QED) is 0.693. The van der Waals surface area contributed by atoms with Gasteiger partial charge in [0.15, 0.2) is 0 Å². The average Bonchev–Trinajstić information content (AvgIpc) is 2.06. The van der Waals surface area contributed by atoms with Gasteiger partial charge in [-0.05, 0) is 0 Å². The lowest BCUT2D eigenvalue weighted by Crippen LogP contribution is -2.38. The SMILES string of the molecule is CC(CN1CCSCC1)C(N)=S. The first-order valence-electron chi connectivity index (χ1n) is 4.29. The van der Waals surface area contributed by atoms with Crippen LogP contribution in [0.5, 0.6) is 0 Å². The van der Waals surface area contributed by atoms with Crippen LogP contribution >= 0.6 is 24.0 Å². The largest absolute Gasteiger partial charge is 0.393 e. The fraction of sp³-hybridized carbons (Fsp3) is 0.875. The number of nitrogens with zero attached hydrogens (tertiary/aromatic N) is 1. The number of thioether (sulfide) groups is 1.